The average molecular weight is 445 g/mol. The van der Waals surface area contributed by atoms with Crippen molar-refractivity contribution in [1.82, 2.24) is 15.0 Å². The van der Waals surface area contributed by atoms with Crippen molar-refractivity contribution in [2.24, 2.45) is 0 Å². The number of pyridine rings is 2. The fourth-order valence-corrected chi connectivity index (χ4v) is 4.12. The average Bonchev–Trinajstić information content (AvgIpc) is 3.13. The molecule has 3 aromatic heterocycles. The molecule has 0 spiro atoms. The van der Waals surface area contributed by atoms with Gasteiger partial charge in [-0.2, -0.15) is 0 Å². The number of aromatic amines is 2. The van der Waals surface area contributed by atoms with Gasteiger partial charge in [-0.1, -0.05) is 0 Å². The van der Waals surface area contributed by atoms with Crippen LogP contribution in [0.2, 0.25) is 0 Å². The van der Waals surface area contributed by atoms with Crippen LogP contribution in [0, 0.1) is 18.6 Å². The highest BCUT2D eigenvalue weighted by atomic mass is 32.2. The topological polar surface area (TPSA) is 105 Å². The summed E-state index contributed by atoms with van der Waals surface area (Å²) in [6.07, 6.45) is 5.54. The number of hydrogen-bond acceptors (Lipinski definition) is 5. The number of nitrogens with zero attached hydrogens (tertiary/aromatic N) is 1. The summed E-state index contributed by atoms with van der Waals surface area (Å²) in [6, 6.07) is 4.42. The van der Waals surface area contributed by atoms with Gasteiger partial charge >= 0.3 is 0 Å². The third kappa shape index (κ3) is 4.19. The molecule has 0 fully saturated rings. The van der Waals surface area contributed by atoms with Gasteiger partial charge in [0.1, 0.15) is 11.3 Å². The molecule has 0 aliphatic carbocycles. The Morgan fingerprint density at radius 1 is 1.10 bits per heavy atom. The minimum atomic E-state index is -3.35. The van der Waals surface area contributed by atoms with Gasteiger partial charge in [0.05, 0.1) is 5.75 Å². The van der Waals surface area contributed by atoms with Crippen LogP contribution >= 0.6 is 0 Å². The maximum absolute atomic E-state index is 14.2. The smallest absolute Gasteiger partial charge is 0.272 e. The van der Waals surface area contributed by atoms with Gasteiger partial charge in [-0.05, 0) is 36.2 Å². The molecule has 2 N–H and O–H groups in total. The number of aromatic nitrogens is 3. The molecule has 0 radical (unpaired) electrons. The highest BCUT2D eigenvalue weighted by molar-refractivity contribution is 7.89. The Bertz CT molecular complexity index is 1480. The molecule has 3 heterocycles. The number of benzene rings is 1. The molecular weight excluding hydrogens is 428 g/mol. The summed E-state index contributed by atoms with van der Waals surface area (Å²) in [6.45, 7) is 1.80. The molecule has 7 nitrogen and oxygen atoms in total. The molecule has 1 aromatic carbocycles. The normalized spacial score (nSPS) is 11.7. The molecule has 31 heavy (non-hydrogen) atoms. The maximum atomic E-state index is 14.2. The molecule has 0 aliphatic rings. The summed E-state index contributed by atoms with van der Waals surface area (Å²) in [5.41, 5.74) is 2.00. The van der Waals surface area contributed by atoms with Crippen LogP contribution in [-0.2, 0) is 15.6 Å². The van der Waals surface area contributed by atoms with E-state index < -0.39 is 21.5 Å². The number of nitrogens with one attached hydrogen (secondary N) is 2. The van der Waals surface area contributed by atoms with Crippen LogP contribution in [0.4, 0.5) is 8.78 Å². The van der Waals surface area contributed by atoms with E-state index in [0.717, 1.165) is 24.0 Å². The monoisotopic (exact) mass is 445 g/mol. The minimum Gasteiger partial charge on any atom is -0.435 e. The zero-order valence-electron chi connectivity index (χ0n) is 16.5. The molecule has 0 unspecified atom stereocenters. The second-order valence-corrected chi connectivity index (χ2v) is 9.34. The van der Waals surface area contributed by atoms with E-state index in [0.29, 0.717) is 33.7 Å². The molecule has 0 aliphatic heterocycles. The van der Waals surface area contributed by atoms with Crippen LogP contribution in [0.1, 0.15) is 11.1 Å². The molecule has 0 bridgehead atoms. The fourth-order valence-electron chi connectivity index (χ4n) is 3.36. The highest BCUT2D eigenvalue weighted by Crippen LogP contribution is 2.37. The first-order chi connectivity index (χ1) is 14.6. The van der Waals surface area contributed by atoms with E-state index in [2.05, 4.69) is 15.0 Å². The van der Waals surface area contributed by atoms with Crippen molar-refractivity contribution in [3.05, 3.63) is 76.0 Å². The summed E-state index contributed by atoms with van der Waals surface area (Å²) in [7, 11) is -3.35. The molecule has 0 atom stereocenters. The lowest BCUT2D eigenvalue weighted by Crippen LogP contribution is -2.06. The number of H-pyrrole nitrogens is 2. The Labute approximate surface area is 175 Å². The largest absolute Gasteiger partial charge is 0.435 e. The minimum absolute atomic E-state index is 0.0247. The number of halogens is 2. The predicted octanol–water partition coefficient (Wildman–Crippen LogP) is 3.84. The number of sulfone groups is 1. The Hall–Kier alpha value is -3.53. The third-order valence-electron chi connectivity index (χ3n) is 4.65. The number of rotatable bonds is 5. The van der Waals surface area contributed by atoms with Gasteiger partial charge in [-0.15, -0.1) is 0 Å². The first-order valence-corrected chi connectivity index (χ1v) is 11.2. The SMILES string of the molecule is Cc1c[nH]c(=O)c2[nH]cc(-c3cc(CS(C)(=O)=O)cnc3Oc3ccc(F)cc3F)c12. The van der Waals surface area contributed by atoms with Crippen molar-refractivity contribution in [3.8, 4) is 22.8 Å². The highest BCUT2D eigenvalue weighted by Gasteiger charge is 2.19. The quantitative estimate of drug-likeness (QED) is 0.486. The number of ether oxygens (including phenoxy) is 1. The molecule has 160 valence electrons. The summed E-state index contributed by atoms with van der Waals surface area (Å²) in [4.78, 5) is 21.9. The van der Waals surface area contributed by atoms with Crippen molar-refractivity contribution in [1.29, 1.82) is 0 Å². The maximum Gasteiger partial charge on any atom is 0.272 e. The van der Waals surface area contributed by atoms with E-state index in [1.807, 2.05) is 0 Å². The van der Waals surface area contributed by atoms with E-state index in [9.17, 15) is 22.0 Å². The van der Waals surface area contributed by atoms with E-state index >= 15 is 0 Å². The van der Waals surface area contributed by atoms with Gasteiger partial charge in [0.15, 0.2) is 21.4 Å². The lowest BCUT2D eigenvalue weighted by molar-refractivity contribution is 0.425. The summed E-state index contributed by atoms with van der Waals surface area (Å²) >= 11 is 0. The van der Waals surface area contributed by atoms with Crippen molar-refractivity contribution in [3.63, 3.8) is 0 Å². The van der Waals surface area contributed by atoms with Crippen molar-refractivity contribution in [2.75, 3.05) is 6.26 Å². The second kappa shape index (κ2) is 7.62. The van der Waals surface area contributed by atoms with Crippen LogP contribution in [0.3, 0.4) is 0 Å². The molecule has 0 amide bonds. The third-order valence-corrected chi connectivity index (χ3v) is 5.51. The van der Waals surface area contributed by atoms with Gasteiger partial charge in [0, 0.05) is 47.4 Å². The first-order valence-electron chi connectivity index (χ1n) is 9.11. The fraction of sp³-hybridized carbons (Fsp3) is 0.143. The number of hydrogen-bond donors (Lipinski definition) is 2. The summed E-state index contributed by atoms with van der Waals surface area (Å²) in [5.74, 6) is -2.21. The van der Waals surface area contributed by atoms with Gasteiger partial charge in [0.2, 0.25) is 5.88 Å². The summed E-state index contributed by atoms with van der Waals surface area (Å²) < 4.78 is 56.6. The molecule has 0 saturated carbocycles. The molecule has 4 aromatic rings. The zero-order valence-corrected chi connectivity index (χ0v) is 17.3. The zero-order chi connectivity index (χ0) is 22.3. The van der Waals surface area contributed by atoms with Crippen LogP contribution in [-0.4, -0.2) is 29.6 Å². The van der Waals surface area contributed by atoms with Crippen LogP contribution in [0.15, 0.2) is 47.7 Å². The van der Waals surface area contributed by atoms with Crippen molar-refractivity contribution < 1.29 is 21.9 Å². The van der Waals surface area contributed by atoms with Crippen LogP contribution in [0.5, 0.6) is 11.6 Å². The van der Waals surface area contributed by atoms with Gasteiger partial charge in [-0.3, -0.25) is 4.79 Å². The number of fused-ring (bicyclic) bond motifs is 1. The summed E-state index contributed by atoms with van der Waals surface area (Å²) in [5, 5.41) is 0.589. The number of aryl methyl sites for hydroxylation is 1. The van der Waals surface area contributed by atoms with E-state index in [1.165, 1.54) is 6.20 Å². The standard InChI is InChI=1S/C21H17F2N3O4S/c1-11-7-25-20(27)19-18(11)15(9-24-19)14-5-12(10-31(2,28)29)8-26-21(14)30-17-4-3-13(22)6-16(17)23/h3-9,24H,10H2,1-2H3,(H,25,27). The van der Waals surface area contributed by atoms with Crippen LogP contribution in [0.25, 0.3) is 22.0 Å². The van der Waals surface area contributed by atoms with Gasteiger partial charge in [0.25, 0.3) is 5.56 Å². The second-order valence-electron chi connectivity index (χ2n) is 7.20. The molecular formula is C21H17F2N3O4S. The molecule has 4 rings (SSSR count). The molecule has 10 heteroatoms. The van der Waals surface area contributed by atoms with E-state index in [1.54, 1.807) is 25.4 Å². The van der Waals surface area contributed by atoms with Gasteiger partial charge < -0.3 is 14.7 Å². The Kier molecular flexibility index (Phi) is 5.10. The van der Waals surface area contributed by atoms with Crippen molar-refractivity contribution in [2.45, 2.75) is 12.7 Å². The Balaban J connectivity index is 1.93. The van der Waals surface area contributed by atoms with Gasteiger partial charge in [-0.25, -0.2) is 22.2 Å². The molecule has 0 saturated heterocycles. The van der Waals surface area contributed by atoms with Crippen molar-refractivity contribution >= 4 is 20.7 Å². The first kappa shape index (κ1) is 20.7. The Morgan fingerprint density at radius 2 is 1.87 bits per heavy atom. The van der Waals surface area contributed by atoms with E-state index in [4.69, 9.17) is 4.74 Å². The lowest BCUT2D eigenvalue weighted by atomic mass is 10.0. The predicted molar refractivity (Wildman–Crippen MR) is 112 cm³/mol. The van der Waals surface area contributed by atoms with Crippen LogP contribution < -0.4 is 10.3 Å². The lowest BCUT2D eigenvalue weighted by Gasteiger charge is -2.12. The Morgan fingerprint density at radius 3 is 2.58 bits per heavy atom. The van der Waals surface area contributed by atoms with E-state index in [-0.39, 0.29) is 22.9 Å².